The van der Waals surface area contributed by atoms with Crippen molar-refractivity contribution in [3.05, 3.63) is 112 Å². The number of ether oxygens (including phenoxy) is 1. The Labute approximate surface area is 250 Å². The average Bonchev–Trinajstić information content (AvgIpc) is 3.25. The van der Waals surface area contributed by atoms with Gasteiger partial charge in [0.15, 0.2) is 0 Å². The van der Waals surface area contributed by atoms with Gasteiger partial charge in [0, 0.05) is 18.8 Å². The quantitative estimate of drug-likeness (QED) is 0.254. The molecule has 0 N–H and O–H groups in total. The summed E-state index contributed by atoms with van der Waals surface area (Å²) >= 11 is 0. The summed E-state index contributed by atoms with van der Waals surface area (Å²) in [7, 11) is 0. The molecular weight excluding hydrogens is 577 g/mol. The lowest BCUT2D eigenvalue weighted by Crippen LogP contribution is -2.53. The molecule has 12 heteroatoms. The van der Waals surface area contributed by atoms with E-state index in [1.807, 2.05) is 6.07 Å². The standard InChI is InChI=1S/C32H25F3N4O5/c1-3-44-30(42)26-19(2)39(23-8-6-7-22(17-23)32(33,34)35)31(43)37(27(26)21-13-11-20(18-36)12-14-21)15-16-38-28(40)24-9-4-5-10-25(24)29(38)41/h4-14,17,27H,3,15-16H2,1-2H3/t27-/m1/s1. The molecule has 0 bridgehead atoms. The van der Waals surface area contributed by atoms with E-state index in [9.17, 15) is 37.6 Å². The monoisotopic (exact) mass is 602 g/mol. The second kappa shape index (κ2) is 11.7. The Morgan fingerprint density at radius 1 is 0.932 bits per heavy atom. The third-order valence-electron chi connectivity index (χ3n) is 7.47. The number of carbonyl (C=O) groups is 4. The Morgan fingerprint density at radius 3 is 2.14 bits per heavy atom. The van der Waals surface area contributed by atoms with Crippen LogP contribution in [0.25, 0.3) is 0 Å². The number of alkyl halides is 3. The van der Waals surface area contributed by atoms with E-state index in [0.717, 1.165) is 28.0 Å². The molecule has 1 atom stereocenters. The number of anilines is 1. The number of imide groups is 1. The van der Waals surface area contributed by atoms with Gasteiger partial charge in [-0.15, -0.1) is 0 Å². The second-order valence-corrected chi connectivity index (χ2v) is 10.0. The second-order valence-electron chi connectivity index (χ2n) is 10.0. The molecule has 9 nitrogen and oxygen atoms in total. The lowest BCUT2D eigenvalue weighted by atomic mass is 9.92. The molecule has 0 fully saturated rings. The summed E-state index contributed by atoms with van der Waals surface area (Å²) in [6.07, 6.45) is -4.70. The van der Waals surface area contributed by atoms with Gasteiger partial charge in [-0.3, -0.25) is 19.4 Å². The molecular formula is C32H25F3N4O5. The maximum absolute atomic E-state index is 14.3. The number of fused-ring (bicyclic) bond motifs is 1. The Kier molecular flexibility index (Phi) is 7.97. The Balaban J connectivity index is 1.63. The topological polar surface area (TPSA) is 111 Å². The van der Waals surface area contributed by atoms with Crippen molar-refractivity contribution in [1.82, 2.24) is 9.80 Å². The van der Waals surface area contributed by atoms with Gasteiger partial charge in [0.2, 0.25) is 0 Å². The predicted octanol–water partition coefficient (Wildman–Crippen LogP) is 5.69. The first-order valence-corrected chi connectivity index (χ1v) is 13.6. The molecule has 0 saturated heterocycles. The highest BCUT2D eigenvalue weighted by molar-refractivity contribution is 6.21. The van der Waals surface area contributed by atoms with Crippen molar-refractivity contribution in [3.8, 4) is 6.07 Å². The van der Waals surface area contributed by atoms with Crippen LogP contribution in [0.4, 0.5) is 23.7 Å². The van der Waals surface area contributed by atoms with E-state index in [4.69, 9.17) is 4.74 Å². The number of benzene rings is 3. The number of hydrogen-bond acceptors (Lipinski definition) is 6. The van der Waals surface area contributed by atoms with Crippen molar-refractivity contribution in [1.29, 1.82) is 5.26 Å². The van der Waals surface area contributed by atoms with Crippen molar-refractivity contribution in [3.63, 3.8) is 0 Å². The smallest absolute Gasteiger partial charge is 0.416 e. The summed E-state index contributed by atoms with van der Waals surface area (Å²) in [5.74, 6) is -1.93. The third kappa shape index (κ3) is 5.28. The van der Waals surface area contributed by atoms with Gasteiger partial charge in [-0.1, -0.05) is 30.3 Å². The first-order valence-electron chi connectivity index (χ1n) is 13.6. The summed E-state index contributed by atoms with van der Waals surface area (Å²) in [5, 5.41) is 9.30. The average molecular weight is 603 g/mol. The van der Waals surface area contributed by atoms with E-state index in [1.165, 1.54) is 42.2 Å². The van der Waals surface area contributed by atoms with Gasteiger partial charge in [-0.2, -0.15) is 18.4 Å². The van der Waals surface area contributed by atoms with E-state index in [1.54, 1.807) is 31.2 Å². The Bertz CT molecular complexity index is 1710. The van der Waals surface area contributed by atoms with Gasteiger partial charge >= 0.3 is 18.2 Å². The summed E-state index contributed by atoms with van der Waals surface area (Å²) in [6, 6.07) is 16.6. The van der Waals surface area contributed by atoms with Crippen LogP contribution in [0.2, 0.25) is 0 Å². The number of nitrogens with zero attached hydrogens (tertiary/aromatic N) is 4. The molecule has 2 aliphatic heterocycles. The Morgan fingerprint density at radius 2 is 1.57 bits per heavy atom. The third-order valence-corrected chi connectivity index (χ3v) is 7.47. The van der Waals surface area contributed by atoms with Crippen LogP contribution in [0, 0.1) is 11.3 Å². The van der Waals surface area contributed by atoms with E-state index >= 15 is 0 Å². The van der Waals surface area contributed by atoms with E-state index in [2.05, 4.69) is 0 Å². The van der Waals surface area contributed by atoms with Crippen molar-refractivity contribution >= 4 is 29.5 Å². The molecule has 44 heavy (non-hydrogen) atoms. The molecule has 5 rings (SSSR count). The number of urea groups is 1. The van der Waals surface area contributed by atoms with Gasteiger partial charge in [-0.05, 0) is 61.9 Å². The van der Waals surface area contributed by atoms with Crippen LogP contribution in [0.5, 0.6) is 0 Å². The lowest BCUT2D eigenvalue weighted by molar-refractivity contribution is -0.139. The number of amides is 4. The number of nitriles is 1. The lowest BCUT2D eigenvalue weighted by Gasteiger charge is -2.43. The van der Waals surface area contributed by atoms with Gasteiger partial charge < -0.3 is 9.64 Å². The highest BCUT2D eigenvalue weighted by Gasteiger charge is 2.44. The van der Waals surface area contributed by atoms with Crippen molar-refractivity contribution in [2.45, 2.75) is 26.1 Å². The van der Waals surface area contributed by atoms with E-state index < -0.39 is 41.6 Å². The highest BCUT2D eigenvalue weighted by Crippen LogP contribution is 2.41. The van der Waals surface area contributed by atoms with Crippen LogP contribution in [0.15, 0.2) is 84.1 Å². The van der Waals surface area contributed by atoms with Crippen LogP contribution >= 0.6 is 0 Å². The molecule has 0 aliphatic carbocycles. The van der Waals surface area contributed by atoms with Crippen molar-refractivity contribution in [2.75, 3.05) is 24.6 Å². The Hall–Kier alpha value is -5.44. The van der Waals surface area contributed by atoms with Crippen molar-refractivity contribution < 1.29 is 37.1 Å². The number of hydrogen-bond donors (Lipinski definition) is 0. The molecule has 0 radical (unpaired) electrons. The largest absolute Gasteiger partial charge is 0.463 e. The first-order chi connectivity index (χ1) is 21.0. The van der Waals surface area contributed by atoms with Crippen LogP contribution in [-0.2, 0) is 15.7 Å². The fourth-order valence-electron chi connectivity index (χ4n) is 5.41. The molecule has 4 amide bonds. The maximum atomic E-state index is 14.3. The van der Waals surface area contributed by atoms with Crippen LogP contribution in [0.1, 0.15) is 57.3 Å². The highest BCUT2D eigenvalue weighted by atomic mass is 19.4. The molecule has 3 aromatic rings. The molecule has 2 aliphatic rings. The minimum absolute atomic E-state index is 0.0255. The summed E-state index contributed by atoms with van der Waals surface area (Å²) in [5.41, 5.74) is 0.00538. The van der Waals surface area contributed by atoms with Crippen LogP contribution in [0.3, 0.4) is 0 Å². The fraction of sp³-hybridized carbons (Fsp3) is 0.219. The normalized spacial score (nSPS) is 16.8. The van der Waals surface area contributed by atoms with Gasteiger partial charge in [0.05, 0.1) is 52.2 Å². The minimum atomic E-state index is -4.70. The molecule has 2 heterocycles. The molecule has 3 aromatic carbocycles. The number of esters is 1. The molecule has 0 spiro atoms. The van der Waals surface area contributed by atoms with E-state index in [-0.39, 0.29) is 47.8 Å². The van der Waals surface area contributed by atoms with Crippen LogP contribution < -0.4 is 4.90 Å². The molecule has 0 aromatic heterocycles. The maximum Gasteiger partial charge on any atom is 0.416 e. The van der Waals surface area contributed by atoms with E-state index in [0.29, 0.717) is 11.1 Å². The van der Waals surface area contributed by atoms with Gasteiger partial charge in [0.1, 0.15) is 0 Å². The zero-order chi connectivity index (χ0) is 31.8. The van der Waals surface area contributed by atoms with Crippen LogP contribution in [-0.4, -0.2) is 53.3 Å². The zero-order valence-electron chi connectivity index (χ0n) is 23.6. The molecule has 0 unspecified atom stereocenters. The summed E-state index contributed by atoms with van der Waals surface area (Å²) in [4.78, 5) is 57.1. The predicted molar refractivity (Wildman–Crippen MR) is 151 cm³/mol. The first kappa shape index (κ1) is 30.0. The number of carbonyl (C=O) groups excluding carboxylic acids is 4. The SMILES string of the molecule is CCOC(=O)C1=C(C)N(c2cccc(C(F)(F)F)c2)C(=O)N(CCN2C(=O)c3ccccc3C2=O)[C@@H]1c1ccc(C#N)cc1. The fourth-order valence-corrected chi connectivity index (χ4v) is 5.41. The molecule has 224 valence electrons. The number of rotatable bonds is 7. The summed E-state index contributed by atoms with van der Waals surface area (Å²) < 4.78 is 46.3. The molecule has 0 saturated carbocycles. The summed E-state index contributed by atoms with van der Waals surface area (Å²) in [6.45, 7) is 2.45. The number of halogens is 3. The van der Waals surface area contributed by atoms with Crippen molar-refractivity contribution in [2.24, 2.45) is 0 Å². The minimum Gasteiger partial charge on any atom is -0.463 e. The van der Waals surface area contributed by atoms with Gasteiger partial charge in [0.25, 0.3) is 11.8 Å². The number of allylic oxidation sites excluding steroid dienone is 1. The van der Waals surface area contributed by atoms with Gasteiger partial charge in [-0.25, -0.2) is 9.59 Å². The zero-order valence-corrected chi connectivity index (χ0v) is 23.6.